The molecule has 1 heterocycles. The van der Waals surface area contributed by atoms with Crippen molar-refractivity contribution in [2.24, 2.45) is 0 Å². The van der Waals surface area contributed by atoms with Gasteiger partial charge in [-0.1, -0.05) is 32.0 Å². The summed E-state index contributed by atoms with van der Waals surface area (Å²) in [5.74, 6) is 1.11. The summed E-state index contributed by atoms with van der Waals surface area (Å²) < 4.78 is 5.82. The smallest absolute Gasteiger partial charge is 0.263 e. The third-order valence-corrected chi connectivity index (χ3v) is 3.70. The van der Waals surface area contributed by atoms with Crippen LogP contribution in [0.15, 0.2) is 48.8 Å². The SMILES string of the molecule is CC(Oc1cccc(C(C)C)c1)C(=O)N(C)Cc1cccnc1. The van der Waals surface area contributed by atoms with E-state index in [-0.39, 0.29) is 5.91 Å². The molecule has 0 saturated carbocycles. The molecule has 1 aromatic carbocycles. The van der Waals surface area contributed by atoms with E-state index < -0.39 is 6.10 Å². The van der Waals surface area contributed by atoms with Crippen LogP contribution in [0.5, 0.6) is 5.75 Å². The molecular formula is C19H24N2O2. The van der Waals surface area contributed by atoms with E-state index >= 15 is 0 Å². The van der Waals surface area contributed by atoms with Crippen molar-refractivity contribution in [3.05, 3.63) is 59.9 Å². The molecule has 1 amide bonds. The molecule has 1 unspecified atom stereocenters. The Balaban J connectivity index is 1.98. The van der Waals surface area contributed by atoms with Crippen molar-refractivity contribution >= 4 is 5.91 Å². The summed E-state index contributed by atoms with van der Waals surface area (Å²) in [7, 11) is 1.78. The second kappa shape index (κ2) is 7.77. The number of ether oxygens (including phenoxy) is 1. The molecule has 0 radical (unpaired) electrons. The molecule has 0 N–H and O–H groups in total. The van der Waals surface area contributed by atoms with Gasteiger partial charge in [-0.2, -0.15) is 0 Å². The first-order chi connectivity index (χ1) is 11.0. The molecular weight excluding hydrogens is 288 g/mol. The molecule has 0 fully saturated rings. The van der Waals surface area contributed by atoms with Crippen LogP contribution in [0.1, 0.15) is 37.8 Å². The average molecular weight is 312 g/mol. The fourth-order valence-corrected chi connectivity index (χ4v) is 2.36. The lowest BCUT2D eigenvalue weighted by molar-refractivity contribution is -0.137. The number of pyridine rings is 1. The second-order valence-electron chi connectivity index (χ2n) is 6.04. The zero-order valence-electron chi connectivity index (χ0n) is 14.2. The van der Waals surface area contributed by atoms with Gasteiger partial charge >= 0.3 is 0 Å². The Labute approximate surface area is 138 Å². The Morgan fingerprint density at radius 1 is 1.22 bits per heavy atom. The topological polar surface area (TPSA) is 42.4 Å². The summed E-state index contributed by atoms with van der Waals surface area (Å²) in [4.78, 5) is 18.2. The number of carbonyl (C=O) groups is 1. The first-order valence-electron chi connectivity index (χ1n) is 7.88. The van der Waals surface area contributed by atoms with E-state index in [9.17, 15) is 4.79 Å². The summed E-state index contributed by atoms with van der Waals surface area (Å²) in [6.07, 6.45) is 2.96. The van der Waals surface area contributed by atoms with Gasteiger partial charge in [0.05, 0.1) is 0 Å². The number of aromatic nitrogens is 1. The minimum atomic E-state index is -0.529. The lowest BCUT2D eigenvalue weighted by Gasteiger charge is -2.22. The van der Waals surface area contributed by atoms with Crippen LogP contribution in [0.4, 0.5) is 0 Å². The Hall–Kier alpha value is -2.36. The summed E-state index contributed by atoms with van der Waals surface area (Å²) in [5, 5.41) is 0. The third kappa shape index (κ3) is 4.81. The number of amides is 1. The molecule has 4 heteroatoms. The molecule has 2 aromatic rings. The zero-order chi connectivity index (χ0) is 16.8. The van der Waals surface area contributed by atoms with Crippen LogP contribution in [0.2, 0.25) is 0 Å². The first-order valence-corrected chi connectivity index (χ1v) is 7.88. The molecule has 122 valence electrons. The van der Waals surface area contributed by atoms with Gasteiger partial charge in [0, 0.05) is 26.0 Å². The molecule has 0 aliphatic carbocycles. The van der Waals surface area contributed by atoms with E-state index in [0.717, 1.165) is 11.3 Å². The first kappa shape index (κ1) is 17.0. The van der Waals surface area contributed by atoms with Gasteiger partial charge in [0.25, 0.3) is 5.91 Å². The van der Waals surface area contributed by atoms with Gasteiger partial charge in [-0.15, -0.1) is 0 Å². The van der Waals surface area contributed by atoms with Crippen LogP contribution < -0.4 is 4.74 Å². The Bertz CT molecular complexity index is 641. The van der Waals surface area contributed by atoms with E-state index in [1.807, 2.05) is 30.3 Å². The molecule has 1 aromatic heterocycles. The Morgan fingerprint density at radius 3 is 2.65 bits per heavy atom. The standard InChI is InChI=1S/C19H24N2O2/c1-14(2)17-8-5-9-18(11-17)23-15(3)19(22)21(4)13-16-7-6-10-20-12-16/h5-12,14-15H,13H2,1-4H3. The van der Waals surface area contributed by atoms with Gasteiger partial charge in [0.15, 0.2) is 6.10 Å². The van der Waals surface area contributed by atoms with E-state index in [4.69, 9.17) is 4.74 Å². The van der Waals surface area contributed by atoms with Crippen molar-refractivity contribution in [2.75, 3.05) is 7.05 Å². The van der Waals surface area contributed by atoms with Crippen LogP contribution in [0.3, 0.4) is 0 Å². The number of rotatable bonds is 6. The van der Waals surface area contributed by atoms with Gasteiger partial charge in [0.1, 0.15) is 5.75 Å². The normalized spacial score (nSPS) is 12.0. The largest absolute Gasteiger partial charge is 0.481 e. The number of nitrogens with zero attached hydrogens (tertiary/aromatic N) is 2. The van der Waals surface area contributed by atoms with Crippen LogP contribution >= 0.6 is 0 Å². The van der Waals surface area contributed by atoms with Crippen LogP contribution in [-0.4, -0.2) is 28.9 Å². The highest BCUT2D eigenvalue weighted by atomic mass is 16.5. The van der Waals surface area contributed by atoms with Crippen molar-refractivity contribution < 1.29 is 9.53 Å². The maximum atomic E-state index is 12.5. The van der Waals surface area contributed by atoms with Crippen molar-refractivity contribution in [3.63, 3.8) is 0 Å². The quantitative estimate of drug-likeness (QED) is 0.818. The summed E-state index contributed by atoms with van der Waals surface area (Å²) in [6.45, 7) is 6.57. The van der Waals surface area contributed by atoms with E-state index in [0.29, 0.717) is 12.5 Å². The van der Waals surface area contributed by atoms with Gasteiger partial charge in [-0.3, -0.25) is 9.78 Å². The molecule has 0 spiro atoms. The fourth-order valence-electron chi connectivity index (χ4n) is 2.36. The predicted octanol–water partition coefficient (Wildman–Crippen LogP) is 3.63. The predicted molar refractivity (Wildman–Crippen MR) is 91.3 cm³/mol. The number of benzene rings is 1. The fraction of sp³-hybridized carbons (Fsp3) is 0.368. The van der Waals surface area contributed by atoms with Gasteiger partial charge in [0.2, 0.25) is 0 Å². The highest BCUT2D eigenvalue weighted by Crippen LogP contribution is 2.21. The summed E-state index contributed by atoms with van der Waals surface area (Å²) >= 11 is 0. The van der Waals surface area contributed by atoms with E-state index in [1.165, 1.54) is 5.56 Å². The lowest BCUT2D eigenvalue weighted by Crippen LogP contribution is -2.37. The van der Waals surface area contributed by atoms with Crippen molar-refractivity contribution in [2.45, 2.75) is 39.3 Å². The molecule has 2 rings (SSSR count). The van der Waals surface area contributed by atoms with Crippen LogP contribution in [0.25, 0.3) is 0 Å². The number of hydrogen-bond acceptors (Lipinski definition) is 3. The number of likely N-dealkylation sites (N-methyl/N-ethyl adjacent to an activating group) is 1. The summed E-state index contributed by atoms with van der Waals surface area (Å²) in [6, 6.07) is 11.7. The van der Waals surface area contributed by atoms with E-state index in [1.54, 1.807) is 31.3 Å². The maximum Gasteiger partial charge on any atom is 0.263 e. The Kier molecular flexibility index (Phi) is 5.74. The van der Waals surface area contributed by atoms with Crippen molar-refractivity contribution in [3.8, 4) is 5.75 Å². The molecule has 1 atom stereocenters. The summed E-state index contributed by atoms with van der Waals surface area (Å²) in [5.41, 5.74) is 2.20. The van der Waals surface area contributed by atoms with Gasteiger partial charge in [-0.25, -0.2) is 0 Å². The molecule has 0 aliphatic heterocycles. The lowest BCUT2D eigenvalue weighted by atomic mass is 10.0. The van der Waals surface area contributed by atoms with Gasteiger partial charge < -0.3 is 9.64 Å². The highest BCUT2D eigenvalue weighted by Gasteiger charge is 2.19. The minimum Gasteiger partial charge on any atom is -0.481 e. The van der Waals surface area contributed by atoms with Crippen LogP contribution in [-0.2, 0) is 11.3 Å². The molecule has 23 heavy (non-hydrogen) atoms. The van der Waals surface area contributed by atoms with Gasteiger partial charge in [-0.05, 0) is 42.2 Å². The van der Waals surface area contributed by atoms with Crippen LogP contribution in [0, 0.1) is 0 Å². The second-order valence-corrected chi connectivity index (χ2v) is 6.04. The highest BCUT2D eigenvalue weighted by molar-refractivity contribution is 5.80. The third-order valence-electron chi connectivity index (χ3n) is 3.70. The average Bonchev–Trinajstić information content (AvgIpc) is 2.55. The monoisotopic (exact) mass is 312 g/mol. The number of carbonyl (C=O) groups excluding carboxylic acids is 1. The van der Waals surface area contributed by atoms with Crippen molar-refractivity contribution in [1.29, 1.82) is 0 Å². The molecule has 0 saturated heterocycles. The molecule has 4 nitrogen and oxygen atoms in total. The number of hydrogen-bond donors (Lipinski definition) is 0. The zero-order valence-corrected chi connectivity index (χ0v) is 14.2. The maximum absolute atomic E-state index is 12.5. The Morgan fingerprint density at radius 2 is 2.00 bits per heavy atom. The molecule has 0 aliphatic rings. The van der Waals surface area contributed by atoms with Crippen molar-refractivity contribution in [1.82, 2.24) is 9.88 Å². The van der Waals surface area contributed by atoms with E-state index in [2.05, 4.69) is 24.9 Å². The molecule has 0 bridgehead atoms. The minimum absolute atomic E-state index is 0.0520.